The Morgan fingerprint density at radius 2 is 2.00 bits per heavy atom. The maximum Gasteiger partial charge on any atom is 0.244 e. The van der Waals surface area contributed by atoms with E-state index in [1.165, 1.54) is 13.2 Å². The van der Waals surface area contributed by atoms with E-state index in [4.69, 9.17) is 10.5 Å². The van der Waals surface area contributed by atoms with Crippen LogP contribution in [0, 0.1) is 5.92 Å². The van der Waals surface area contributed by atoms with Crippen LogP contribution in [0.2, 0.25) is 0 Å². The van der Waals surface area contributed by atoms with Gasteiger partial charge < -0.3 is 10.5 Å². The molecule has 0 saturated carbocycles. The third kappa shape index (κ3) is 3.86. The molecule has 0 aliphatic carbocycles. The molecule has 1 aromatic carbocycles. The van der Waals surface area contributed by atoms with Gasteiger partial charge in [0.25, 0.3) is 0 Å². The van der Waals surface area contributed by atoms with E-state index in [9.17, 15) is 8.42 Å². The highest BCUT2D eigenvalue weighted by Gasteiger charge is 2.25. The van der Waals surface area contributed by atoms with Crippen molar-refractivity contribution in [2.75, 3.05) is 12.8 Å². The van der Waals surface area contributed by atoms with Crippen LogP contribution in [0.3, 0.4) is 0 Å². The molecule has 0 fully saturated rings. The van der Waals surface area contributed by atoms with E-state index in [0.29, 0.717) is 16.6 Å². The van der Waals surface area contributed by atoms with Crippen molar-refractivity contribution in [3.63, 3.8) is 0 Å². The number of nitrogens with two attached hydrogens (primary N) is 1. The number of nitrogen functional groups attached to an aromatic ring is 1. The van der Waals surface area contributed by atoms with Crippen molar-refractivity contribution < 1.29 is 13.2 Å². The molecule has 0 saturated heterocycles. The molecule has 1 atom stereocenters. The zero-order valence-corrected chi connectivity index (χ0v) is 14.5. The number of methoxy groups -OCH3 is 1. The fraction of sp³-hybridized carbons (Fsp3) is 0.538. The lowest BCUT2D eigenvalue weighted by molar-refractivity contribution is 0.399. The van der Waals surface area contributed by atoms with Gasteiger partial charge in [-0.1, -0.05) is 20.8 Å². The minimum absolute atomic E-state index is 0.0554. The van der Waals surface area contributed by atoms with Crippen LogP contribution in [0.25, 0.3) is 0 Å². The van der Waals surface area contributed by atoms with Crippen molar-refractivity contribution in [3.05, 3.63) is 16.6 Å². The average molecular weight is 365 g/mol. The molecule has 20 heavy (non-hydrogen) atoms. The van der Waals surface area contributed by atoms with Crippen molar-refractivity contribution >= 4 is 31.6 Å². The van der Waals surface area contributed by atoms with Gasteiger partial charge in [0.05, 0.1) is 7.11 Å². The van der Waals surface area contributed by atoms with Crippen LogP contribution in [-0.4, -0.2) is 21.6 Å². The highest BCUT2D eigenvalue weighted by atomic mass is 79.9. The van der Waals surface area contributed by atoms with Crippen molar-refractivity contribution in [2.24, 2.45) is 5.92 Å². The lowest BCUT2D eigenvalue weighted by atomic mass is 10.0. The van der Waals surface area contributed by atoms with Gasteiger partial charge in [0.2, 0.25) is 10.0 Å². The van der Waals surface area contributed by atoms with E-state index >= 15 is 0 Å². The molecule has 0 aliphatic heterocycles. The fourth-order valence-electron chi connectivity index (χ4n) is 1.87. The Kier molecular flexibility index (Phi) is 5.85. The Hall–Kier alpha value is -0.790. The van der Waals surface area contributed by atoms with Crippen molar-refractivity contribution in [1.29, 1.82) is 0 Å². The summed E-state index contributed by atoms with van der Waals surface area (Å²) in [7, 11) is -2.25. The Morgan fingerprint density at radius 3 is 2.45 bits per heavy atom. The standard InChI is InChI=1S/C13H21BrN2O3S/c1-5-11(8(2)3)16-20(17,18)13-7-10(15)9(14)6-12(13)19-4/h6-8,11,16H,5,15H2,1-4H3. The van der Waals surface area contributed by atoms with Crippen LogP contribution in [0.15, 0.2) is 21.5 Å². The molecule has 0 aromatic heterocycles. The number of rotatable bonds is 6. The number of anilines is 1. The zero-order chi connectivity index (χ0) is 15.5. The maximum absolute atomic E-state index is 12.5. The molecule has 1 unspecified atom stereocenters. The third-order valence-electron chi connectivity index (χ3n) is 3.12. The number of ether oxygens (including phenoxy) is 1. The Balaban J connectivity index is 3.25. The van der Waals surface area contributed by atoms with Crippen LogP contribution >= 0.6 is 15.9 Å². The first-order valence-electron chi connectivity index (χ1n) is 6.38. The van der Waals surface area contributed by atoms with Gasteiger partial charge in [-0.05, 0) is 40.4 Å². The first kappa shape index (κ1) is 17.3. The number of hydrogen-bond donors (Lipinski definition) is 2. The molecule has 0 radical (unpaired) electrons. The van der Waals surface area contributed by atoms with E-state index in [-0.39, 0.29) is 22.6 Å². The van der Waals surface area contributed by atoms with Gasteiger partial charge in [-0.2, -0.15) is 0 Å². The summed E-state index contributed by atoms with van der Waals surface area (Å²) in [4.78, 5) is 0.0554. The predicted octanol–water partition coefficient (Wildman–Crippen LogP) is 2.75. The van der Waals surface area contributed by atoms with E-state index in [1.54, 1.807) is 6.07 Å². The summed E-state index contributed by atoms with van der Waals surface area (Å²) in [5.41, 5.74) is 6.12. The van der Waals surface area contributed by atoms with Gasteiger partial charge in [-0.25, -0.2) is 13.1 Å². The van der Waals surface area contributed by atoms with Gasteiger partial charge in [0.15, 0.2) is 0 Å². The van der Waals surface area contributed by atoms with Gasteiger partial charge >= 0.3 is 0 Å². The smallest absolute Gasteiger partial charge is 0.244 e. The molecule has 5 nitrogen and oxygen atoms in total. The summed E-state index contributed by atoms with van der Waals surface area (Å²) in [5.74, 6) is 0.464. The van der Waals surface area contributed by atoms with Crippen molar-refractivity contribution in [1.82, 2.24) is 4.72 Å². The lowest BCUT2D eigenvalue weighted by Gasteiger charge is -2.21. The molecule has 3 N–H and O–H groups in total. The van der Waals surface area contributed by atoms with Gasteiger partial charge in [0, 0.05) is 16.2 Å². The number of sulfonamides is 1. The summed E-state index contributed by atoms with van der Waals surface area (Å²) in [6.45, 7) is 5.90. The lowest BCUT2D eigenvalue weighted by Crippen LogP contribution is -2.38. The summed E-state index contributed by atoms with van der Waals surface area (Å²) >= 11 is 3.26. The SMILES string of the molecule is CCC(NS(=O)(=O)c1cc(N)c(Br)cc1OC)C(C)C. The molecule has 0 aliphatic rings. The second-order valence-corrected chi connectivity index (χ2v) is 7.44. The topological polar surface area (TPSA) is 81.4 Å². The van der Waals surface area contributed by atoms with E-state index in [1.807, 2.05) is 20.8 Å². The summed E-state index contributed by atoms with van der Waals surface area (Å²) in [5, 5.41) is 0. The van der Waals surface area contributed by atoms with E-state index in [0.717, 1.165) is 0 Å². The molecule has 1 rings (SSSR count). The summed E-state index contributed by atoms with van der Waals surface area (Å²) in [6.07, 6.45) is 0.714. The van der Waals surface area contributed by atoms with E-state index in [2.05, 4.69) is 20.7 Å². The highest BCUT2D eigenvalue weighted by molar-refractivity contribution is 9.10. The average Bonchev–Trinajstić information content (AvgIpc) is 2.38. The molecule has 7 heteroatoms. The Bertz CT molecular complexity index is 573. The van der Waals surface area contributed by atoms with Crippen LogP contribution in [0.4, 0.5) is 5.69 Å². The Morgan fingerprint density at radius 1 is 1.40 bits per heavy atom. The molecular weight excluding hydrogens is 344 g/mol. The van der Waals surface area contributed by atoms with Gasteiger partial charge in [-0.15, -0.1) is 0 Å². The number of nitrogens with one attached hydrogen (secondary N) is 1. The minimum atomic E-state index is -3.67. The van der Waals surface area contributed by atoms with Gasteiger partial charge in [0.1, 0.15) is 10.6 Å². The predicted molar refractivity (Wildman–Crippen MR) is 84.3 cm³/mol. The van der Waals surface area contributed by atoms with E-state index < -0.39 is 10.0 Å². The van der Waals surface area contributed by atoms with Gasteiger partial charge in [-0.3, -0.25) is 0 Å². The van der Waals surface area contributed by atoms with Crippen LogP contribution in [0.1, 0.15) is 27.2 Å². The largest absolute Gasteiger partial charge is 0.495 e. The van der Waals surface area contributed by atoms with Crippen LogP contribution in [0.5, 0.6) is 5.75 Å². The molecule has 0 spiro atoms. The highest BCUT2D eigenvalue weighted by Crippen LogP contribution is 2.32. The monoisotopic (exact) mass is 364 g/mol. The summed E-state index contributed by atoms with van der Waals surface area (Å²) in [6, 6.07) is 2.83. The summed E-state index contributed by atoms with van der Waals surface area (Å²) < 4.78 is 33.4. The minimum Gasteiger partial charge on any atom is -0.495 e. The molecule has 0 amide bonds. The quantitative estimate of drug-likeness (QED) is 0.760. The Labute approximate surface area is 129 Å². The third-order valence-corrected chi connectivity index (χ3v) is 5.32. The first-order chi connectivity index (χ1) is 9.22. The molecular formula is C13H21BrN2O3S. The molecule has 0 bridgehead atoms. The maximum atomic E-state index is 12.5. The second kappa shape index (κ2) is 6.78. The number of benzene rings is 1. The number of hydrogen-bond acceptors (Lipinski definition) is 4. The van der Waals surface area contributed by atoms with Crippen LogP contribution < -0.4 is 15.2 Å². The molecule has 114 valence electrons. The zero-order valence-electron chi connectivity index (χ0n) is 12.1. The molecule has 1 aromatic rings. The second-order valence-electron chi connectivity index (χ2n) is 4.90. The fourth-order valence-corrected chi connectivity index (χ4v) is 3.85. The van der Waals surface area contributed by atoms with Crippen molar-refractivity contribution in [2.45, 2.75) is 38.1 Å². The number of halogens is 1. The van der Waals surface area contributed by atoms with Crippen LogP contribution in [-0.2, 0) is 10.0 Å². The van der Waals surface area contributed by atoms with Crippen molar-refractivity contribution in [3.8, 4) is 5.75 Å². The molecule has 0 heterocycles. The normalized spacial score (nSPS) is 13.5. The first-order valence-corrected chi connectivity index (χ1v) is 8.65.